The van der Waals surface area contributed by atoms with Gasteiger partial charge in [0.15, 0.2) is 0 Å². The second-order valence-electron chi connectivity index (χ2n) is 4.70. The molecule has 1 saturated carbocycles. The van der Waals surface area contributed by atoms with E-state index >= 15 is 0 Å². The van der Waals surface area contributed by atoms with Gasteiger partial charge in [0.2, 0.25) is 11.8 Å². The summed E-state index contributed by atoms with van der Waals surface area (Å²) in [7, 11) is 0. The predicted octanol–water partition coefficient (Wildman–Crippen LogP) is 0.517. The van der Waals surface area contributed by atoms with Crippen molar-refractivity contribution in [2.45, 2.75) is 32.9 Å². The smallest absolute Gasteiger partial charge is 0.237 e. The Morgan fingerprint density at radius 1 is 1.39 bits per heavy atom. The fraction of sp³-hybridized carbons (Fsp3) is 0.636. The lowest BCUT2D eigenvalue weighted by Gasteiger charge is -1.98. The fourth-order valence-corrected chi connectivity index (χ4v) is 1.76. The number of aromatic nitrogens is 5. The van der Waals surface area contributed by atoms with E-state index in [1.807, 2.05) is 6.20 Å². The summed E-state index contributed by atoms with van der Waals surface area (Å²) in [4.78, 5) is 0. The third kappa shape index (κ3) is 2.92. The normalized spacial score (nSPS) is 15.2. The molecule has 0 aromatic carbocycles. The zero-order chi connectivity index (χ0) is 12.4. The van der Waals surface area contributed by atoms with Crippen molar-refractivity contribution in [2.75, 3.05) is 6.54 Å². The van der Waals surface area contributed by atoms with E-state index in [0.29, 0.717) is 18.3 Å². The third-order valence-electron chi connectivity index (χ3n) is 2.89. The highest BCUT2D eigenvalue weighted by molar-refractivity contribution is 4.93. The molecule has 0 atom stereocenters. The maximum Gasteiger partial charge on any atom is 0.237 e. The summed E-state index contributed by atoms with van der Waals surface area (Å²) in [6, 6.07) is 0. The number of rotatable bonds is 6. The average molecular weight is 248 g/mol. The van der Waals surface area contributed by atoms with Gasteiger partial charge in [-0.05, 0) is 25.3 Å². The second kappa shape index (κ2) is 4.85. The van der Waals surface area contributed by atoms with Crippen LogP contribution < -0.4 is 5.32 Å². The molecule has 2 aromatic heterocycles. The van der Waals surface area contributed by atoms with Crippen LogP contribution in [0.25, 0.3) is 0 Å². The van der Waals surface area contributed by atoms with Crippen LogP contribution in [-0.2, 0) is 13.1 Å². The Labute approximate surface area is 105 Å². The lowest BCUT2D eigenvalue weighted by atomic mass is 10.4. The van der Waals surface area contributed by atoms with E-state index in [4.69, 9.17) is 4.42 Å². The summed E-state index contributed by atoms with van der Waals surface area (Å²) in [5.41, 5.74) is 0.937. The molecule has 2 heterocycles. The standard InChI is InChI=1S/C11H16N6O/c1-8-13-15-11(18-8)7-17-6-10(14-16-17)5-12-4-9-2-3-9/h6,9,12H,2-5,7H2,1H3. The molecule has 0 radical (unpaired) electrons. The molecule has 3 rings (SSSR count). The Hall–Kier alpha value is -1.76. The van der Waals surface area contributed by atoms with E-state index in [2.05, 4.69) is 25.8 Å². The third-order valence-corrected chi connectivity index (χ3v) is 2.89. The summed E-state index contributed by atoms with van der Waals surface area (Å²) in [5, 5.41) is 19.2. The topological polar surface area (TPSA) is 81.7 Å². The highest BCUT2D eigenvalue weighted by Gasteiger charge is 2.20. The van der Waals surface area contributed by atoms with Crippen molar-refractivity contribution in [3.05, 3.63) is 23.7 Å². The first kappa shape index (κ1) is 11.3. The zero-order valence-electron chi connectivity index (χ0n) is 10.3. The molecule has 96 valence electrons. The van der Waals surface area contributed by atoms with Gasteiger partial charge in [-0.2, -0.15) is 0 Å². The Bertz CT molecular complexity index is 515. The van der Waals surface area contributed by atoms with Crippen molar-refractivity contribution in [3.8, 4) is 0 Å². The van der Waals surface area contributed by atoms with Crippen LogP contribution in [0.5, 0.6) is 0 Å². The van der Waals surface area contributed by atoms with Crippen LogP contribution in [-0.4, -0.2) is 31.7 Å². The van der Waals surface area contributed by atoms with E-state index in [-0.39, 0.29) is 0 Å². The van der Waals surface area contributed by atoms with Crippen LogP contribution in [0.1, 0.15) is 30.3 Å². The molecular weight excluding hydrogens is 232 g/mol. The average Bonchev–Trinajstić information content (AvgIpc) is 2.92. The summed E-state index contributed by atoms with van der Waals surface area (Å²) < 4.78 is 7.00. The highest BCUT2D eigenvalue weighted by atomic mass is 16.4. The van der Waals surface area contributed by atoms with Crippen LogP contribution in [0.2, 0.25) is 0 Å². The quantitative estimate of drug-likeness (QED) is 0.802. The van der Waals surface area contributed by atoms with Gasteiger partial charge in [-0.1, -0.05) is 5.21 Å². The van der Waals surface area contributed by atoms with E-state index in [1.165, 1.54) is 12.8 Å². The maximum atomic E-state index is 5.29. The molecule has 0 aliphatic heterocycles. The minimum atomic E-state index is 0.469. The predicted molar refractivity (Wildman–Crippen MR) is 62.6 cm³/mol. The van der Waals surface area contributed by atoms with Gasteiger partial charge in [-0.15, -0.1) is 15.3 Å². The number of nitrogens with zero attached hydrogens (tertiary/aromatic N) is 5. The van der Waals surface area contributed by atoms with Crippen LogP contribution in [0.3, 0.4) is 0 Å². The van der Waals surface area contributed by atoms with Crippen molar-refractivity contribution in [1.82, 2.24) is 30.5 Å². The minimum Gasteiger partial charge on any atom is -0.424 e. The Kier molecular flexibility index (Phi) is 3.06. The summed E-state index contributed by atoms with van der Waals surface area (Å²) in [6.07, 6.45) is 4.62. The molecule has 1 aliphatic carbocycles. The van der Waals surface area contributed by atoms with E-state index in [0.717, 1.165) is 24.7 Å². The molecular formula is C11H16N6O. The first-order chi connectivity index (χ1) is 8.79. The fourth-order valence-electron chi connectivity index (χ4n) is 1.76. The van der Waals surface area contributed by atoms with E-state index < -0.39 is 0 Å². The molecule has 1 N–H and O–H groups in total. The number of hydrogen-bond acceptors (Lipinski definition) is 6. The van der Waals surface area contributed by atoms with Gasteiger partial charge in [-0.3, -0.25) is 0 Å². The monoisotopic (exact) mass is 248 g/mol. The number of aryl methyl sites for hydroxylation is 1. The van der Waals surface area contributed by atoms with Crippen LogP contribution >= 0.6 is 0 Å². The molecule has 0 amide bonds. The molecule has 0 saturated heterocycles. The minimum absolute atomic E-state index is 0.469. The van der Waals surface area contributed by atoms with Gasteiger partial charge in [0.05, 0.1) is 11.9 Å². The van der Waals surface area contributed by atoms with Crippen molar-refractivity contribution in [1.29, 1.82) is 0 Å². The Balaban J connectivity index is 1.52. The molecule has 0 unspecified atom stereocenters. The lowest BCUT2D eigenvalue weighted by molar-refractivity contribution is 0.441. The first-order valence-corrected chi connectivity index (χ1v) is 6.18. The van der Waals surface area contributed by atoms with Gasteiger partial charge < -0.3 is 9.73 Å². The highest BCUT2D eigenvalue weighted by Crippen LogP contribution is 2.27. The van der Waals surface area contributed by atoms with Crippen LogP contribution in [0.15, 0.2) is 10.6 Å². The van der Waals surface area contributed by atoms with Crippen molar-refractivity contribution in [3.63, 3.8) is 0 Å². The van der Waals surface area contributed by atoms with Gasteiger partial charge in [0, 0.05) is 13.5 Å². The molecule has 2 aromatic rings. The molecule has 7 heteroatoms. The molecule has 7 nitrogen and oxygen atoms in total. The molecule has 18 heavy (non-hydrogen) atoms. The largest absolute Gasteiger partial charge is 0.424 e. The maximum absolute atomic E-state index is 5.29. The van der Waals surface area contributed by atoms with Gasteiger partial charge in [0.1, 0.15) is 6.54 Å². The summed E-state index contributed by atoms with van der Waals surface area (Å²) >= 11 is 0. The van der Waals surface area contributed by atoms with Crippen LogP contribution in [0.4, 0.5) is 0 Å². The van der Waals surface area contributed by atoms with E-state index in [9.17, 15) is 0 Å². The summed E-state index contributed by atoms with van der Waals surface area (Å²) in [6.45, 7) is 4.08. The van der Waals surface area contributed by atoms with Crippen LogP contribution in [0, 0.1) is 12.8 Å². The van der Waals surface area contributed by atoms with Crippen molar-refractivity contribution < 1.29 is 4.42 Å². The zero-order valence-corrected chi connectivity index (χ0v) is 10.3. The number of nitrogens with one attached hydrogen (secondary N) is 1. The number of hydrogen-bond donors (Lipinski definition) is 1. The lowest BCUT2D eigenvalue weighted by Crippen LogP contribution is -2.16. The molecule has 1 aliphatic rings. The Morgan fingerprint density at radius 2 is 2.28 bits per heavy atom. The molecule has 1 fully saturated rings. The molecule has 0 bridgehead atoms. The van der Waals surface area contributed by atoms with Gasteiger partial charge in [0.25, 0.3) is 0 Å². The SMILES string of the molecule is Cc1nnc(Cn2cc(CNCC3CC3)nn2)o1. The second-order valence-corrected chi connectivity index (χ2v) is 4.70. The Morgan fingerprint density at radius 3 is 3.00 bits per heavy atom. The summed E-state index contributed by atoms with van der Waals surface area (Å²) in [5.74, 6) is 1.99. The van der Waals surface area contributed by atoms with Crippen molar-refractivity contribution in [2.24, 2.45) is 5.92 Å². The molecule has 0 spiro atoms. The first-order valence-electron chi connectivity index (χ1n) is 6.18. The van der Waals surface area contributed by atoms with Crippen molar-refractivity contribution >= 4 is 0 Å². The van der Waals surface area contributed by atoms with Gasteiger partial charge in [-0.25, -0.2) is 4.68 Å². The van der Waals surface area contributed by atoms with Gasteiger partial charge >= 0.3 is 0 Å². The van der Waals surface area contributed by atoms with E-state index in [1.54, 1.807) is 11.6 Å².